The van der Waals surface area contributed by atoms with Gasteiger partial charge in [-0.1, -0.05) is 24.6 Å². The fourth-order valence-electron chi connectivity index (χ4n) is 4.15. The molecule has 1 fully saturated rings. The third-order valence-electron chi connectivity index (χ3n) is 6.55. The van der Waals surface area contributed by atoms with E-state index in [1.165, 1.54) is 14.2 Å². The second-order valence-electron chi connectivity index (χ2n) is 9.19. The lowest BCUT2D eigenvalue weighted by Crippen LogP contribution is -2.28. The molecule has 1 heterocycles. The number of hydrogen-bond acceptors (Lipinski definition) is 8. The van der Waals surface area contributed by atoms with Gasteiger partial charge in [0.05, 0.1) is 45.5 Å². The molecule has 11 heteroatoms. The number of rotatable bonds is 9. The van der Waals surface area contributed by atoms with Crippen molar-refractivity contribution in [3.05, 3.63) is 66.7 Å². The number of aromatic nitrogens is 2. The van der Waals surface area contributed by atoms with Crippen molar-refractivity contribution in [2.45, 2.75) is 24.2 Å². The largest absolute Gasteiger partial charge is 0.497 e. The van der Waals surface area contributed by atoms with Gasteiger partial charge in [0.25, 0.3) is 0 Å². The van der Waals surface area contributed by atoms with Crippen LogP contribution in [-0.4, -0.2) is 45.4 Å². The smallest absolute Gasteiger partial charge is 0.227 e. The van der Waals surface area contributed by atoms with Crippen molar-refractivity contribution in [3.63, 3.8) is 0 Å². The molecule has 0 radical (unpaired) electrons. The first-order valence-electron chi connectivity index (χ1n) is 12.3. The van der Waals surface area contributed by atoms with Crippen molar-refractivity contribution >= 4 is 55.5 Å². The van der Waals surface area contributed by atoms with E-state index >= 15 is 0 Å². The van der Waals surface area contributed by atoms with Crippen molar-refractivity contribution in [2.75, 3.05) is 29.3 Å². The zero-order valence-corrected chi connectivity index (χ0v) is 22.4. The van der Waals surface area contributed by atoms with Crippen LogP contribution >= 0.6 is 0 Å². The molecule has 1 aliphatic carbocycles. The molecular formula is C28H29N5O5S. The van der Waals surface area contributed by atoms with Gasteiger partial charge in [0, 0.05) is 29.8 Å². The van der Waals surface area contributed by atoms with E-state index < -0.39 is 9.71 Å². The van der Waals surface area contributed by atoms with Gasteiger partial charge < -0.3 is 14.8 Å². The van der Waals surface area contributed by atoms with Crippen molar-refractivity contribution in [1.29, 1.82) is 0 Å². The third-order valence-corrected chi connectivity index (χ3v) is 8.09. The maximum Gasteiger partial charge on any atom is 0.227 e. The van der Waals surface area contributed by atoms with E-state index in [1.807, 2.05) is 0 Å². The number of para-hydroxylation sites is 2. The molecule has 1 aromatic heterocycles. The Balaban J connectivity index is 1.52. The number of nitrogens with zero attached hydrogens (tertiary/aromatic N) is 3. The zero-order valence-electron chi connectivity index (χ0n) is 21.6. The Morgan fingerprint density at radius 1 is 1.00 bits per heavy atom. The predicted molar refractivity (Wildman–Crippen MR) is 153 cm³/mol. The molecule has 1 unspecified atom stereocenters. The Morgan fingerprint density at radius 3 is 2.28 bits per heavy atom. The van der Waals surface area contributed by atoms with Crippen LogP contribution < -0.4 is 24.6 Å². The van der Waals surface area contributed by atoms with Gasteiger partial charge in [-0.05, 0) is 49.0 Å². The van der Waals surface area contributed by atoms with Crippen LogP contribution in [0.2, 0.25) is 0 Å². The predicted octanol–water partition coefficient (Wildman–Crippen LogP) is 5.02. The highest BCUT2D eigenvalue weighted by Crippen LogP contribution is 2.35. The quantitative estimate of drug-likeness (QED) is 0.197. The van der Waals surface area contributed by atoms with Gasteiger partial charge in [-0.15, -0.1) is 0 Å². The minimum absolute atomic E-state index is 0.00479. The van der Waals surface area contributed by atoms with E-state index in [4.69, 9.17) is 9.47 Å². The van der Waals surface area contributed by atoms with Crippen LogP contribution in [0.25, 0.3) is 11.0 Å². The molecule has 1 saturated carbocycles. The standard InChI is InChI=1S/C28H29N5O5S/c1-37-21-15-20(16-22(17-21)38-2)33(35)27-26(30-24-12-4-5-13-25(24)31-27)32-39(3,36)23-11-7-10-19(14-23)29-28(34)18-8-6-9-18/h4-5,7,10-18,35H,3,6,8-9H2,1-2H3,(H,29,34)(H,30,32,36). The van der Waals surface area contributed by atoms with Crippen molar-refractivity contribution in [3.8, 4) is 11.5 Å². The molecule has 10 nitrogen and oxygen atoms in total. The summed E-state index contributed by atoms with van der Waals surface area (Å²) in [5, 5.41) is 15.0. The number of methoxy groups -OCH3 is 2. The highest BCUT2D eigenvalue weighted by atomic mass is 32.2. The molecule has 0 spiro atoms. The molecule has 1 atom stereocenters. The van der Waals surface area contributed by atoms with Crippen LogP contribution in [0.5, 0.6) is 11.5 Å². The van der Waals surface area contributed by atoms with Crippen LogP contribution in [0.3, 0.4) is 0 Å². The van der Waals surface area contributed by atoms with Crippen LogP contribution in [0.15, 0.2) is 71.6 Å². The topological polar surface area (TPSA) is 126 Å². The number of benzene rings is 3. The van der Waals surface area contributed by atoms with E-state index in [9.17, 15) is 14.2 Å². The van der Waals surface area contributed by atoms with Crippen LogP contribution in [0, 0.1) is 5.92 Å². The molecule has 1 amide bonds. The molecule has 0 aliphatic heterocycles. The van der Waals surface area contributed by atoms with Crippen LogP contribution in [-0.2, 0) is 14.5 Å². The Hall–Kier alpha value is -4.35. The Kier molecular flexibility index (Phi) is 7.27. The number of carbonyl (C=O) groups is 1. The molecule has 1 aliphatic rings. The lowest BCUT2D eigenvalue weighted by molar-refractivity contribution is -0.122. The summed E-state index contributed by atoms with van der Waals surface area (Å²) in [5.41, 5.74) is 1.86. The molecule has 0 bridgehead atoms. The molecular weight excluding hydrogens is 518 g/mol. The molecule has 4 aromatic rings. The summed E-state index contributed by atoms with van der Waals surface area (Å²) in [6, 6.07) is 18.7. The van der Waals surface area contributed by atoms with Gasteiger partial charge in [-0.3, -0.25) is 14.7 Å². The second kappa shape index (κ2) is 10.8. The van der Waals surface area contributed by atoms with Crippen molar-refractivity contribution in [1.82, 2.24) is 9.97 Å². The molecule has 202 valence electrons. The molecule has 3 N–H and O–H groups in total. The summed E-state index contributed by atoms with van der Waals surface area (Å²) in [4.78, 5) is 22.0. The van der Waals surface area contributed by atoms with E-state index in [0.29, 0.717) is 33.1 Å². The highest BCUT2D eigenvalue weighted by molar-refractivity contribution is 8.01. The van der Waals surface area contributed by atoms with E-state index in [0.717, 1.165) is 24.3 Å². The van der Waals surface area contributed by atoms with Crippen LogP contribution in [0.1, 0.15) is 19.3 Å². The first kappa shape index (κ1) is 26.3. The second-order valence-corrected chi connectivity index (χ2v) is 11.2. The number of ether oxygens (including phenoxy) is 2. The number of hydrogen-bond donors (Lipinski definition) is 3. The summed E-state index contributed by atoms with van der Waals surface area (Å²) in [6.07, 6.45) is 2.80. The summed E-state index contributed by atoms with van der Waals surface area (Å²) in [7, 11) is -0.200. The third kappa shape index (κ3) is 5.59. The van der Waals surface area contributed by atoms with Gasteiger partial charge >= 0.3 is 0 Å². The van der Waals surface area contributed by atoms with Crippen molar-refractivity contribution < 1.29 is 23.7 Å². The molecule has 0 saturated heterocycles. The molecule has 5 rings (SSSR count). The highest BCUT2D eigenvalue weighted by Gasteiger charge is 2.25. The fourth-order valence-corrected chi connectivity index (χ4v) is 5.34. The lowest BCUT2D eigenvalue weighted by atomic mass is 9.85. The van der Waals surface area contributed by atoms with E-state index in [-0.39, 0.29) is 29.1 Å². The minimum Gasteiger partial charge on any atom is -0.497 e. The van der Waals surface area contributed by atoms with Crippen LogP contribution in [0.4, 0.5) is 23.0 Å². The number of anilines is 4. The van der Waals surface area contributed by atoms with E-state index in [2.05, 4.69) is 25.9 Å². The minimum atomic E-state index is -3.21. The SMILES string of the molecule is C=S(=O)(Nc1nc2ccccc2nc1N(O)c1cc(OC)cc(OC)c1)c1cccc(NC(=O)C2CCC2)c1. The molecule has 39 heavy (non-hydrogen) atoms. The molecule has 3 aromatic carbocycles. The van der Waals surface area contributed by atoms with Gasteiger partial charge in [0.15, 0.2) is 5.82 Å². The number of nitrogens with one attached hydrogen (secondary N) is 2. The maximum atomic E-state index is 13.9. The average Bonchev–Trinajstić information content (AvgIpc) is 2.90. The van der Waals surface area contributed by atoms with Gasteiger partial charge in [-0.25, -0.2) is 19.2 Å². The Bertz CT molecular complexity index is 1620. The van der Waals surface area contributed by atoms with Gasteiger partial charge in [-0.2, -0.15) is 0 Å². The van der Waals surface area contributed by atoms with Crippen molar-refractivity contribution in [2.24, 2.45) is 5.92 Å². The average molecular weight is 548 g/mol. The number of fused-ring (bicyclic) bond motifs is 1. The maximum absolute atomic E-state index is 13.9. The number of carbonyl (C=O) groups excluding carboxylic acids is 1. The Morgan fingerprint density at radius 2 is 1.67 bits per heavy atom. The fraction of sp³-hybridized carbons (Fsp3) is 0.214. The Labute approximate surface area is 226 Å². The monoisotopic (exact) mass is 547 g/mol. The van der Waals surface area contributed by atoms with E-state index in [1.54, 1.807) is 66.7 Å². The summed E-state index contributed by atoms with van der Waals surface area (Å²) in [6.45, 7) is 0. The zero-order chi connectivity index (χ0) is 27.6. The summed E-state index contributed by atoms with van der Waals surface area (Å²) < 4.78 is 27.5. The first-order chi connectivity index (χ1) is 18.8. The lowest BCUT2D eigenvalue weighted by Gasteiger charge is -2.24. The summed E-state index contributed by atoms with van der Waals surface area (Å²) >= 11 is 0. The number of amides is 1. The van der Waals surface area contributed by atoms with Gasteiger partial charge in [0.1, 0.15) is 11.5 Å². The van der Waals surface area contributed by atoms with Gasteiger partial charge in [0.2, 0.25) is 11.7 Å². The summed E-state index contributed by atoms with van der Waals surface area (Å²) in [5.74, 6) is 4.83. The normalized spacial score (nSPS) is 14.6. The first-order valence-corrected chi connectivity index (χ1v) is 14.0.